The van der Waals surface area contributed by atoms with Crippen LogP contribution in [-0.2, 0) is 14.4 Å². The Kier molecular flexibility index (Phi) is 4.33. The molecule has 8 heteroatoms. The fourth-order valence-electron chi connectivity index (χ4n) is 2.30. The minimum atomic E-state index is -0.357. The number of nitrogens with two attached hydrogens (primary N) is 1. The summed E-state index contributed by atoms with van der Waals surface area (Å²) >= 11 is 0. The van der Waals surface area contributed by atoms with E-state index in [0.717, 1.165) is 0 Å². The van der Waals surface area contributed by atoms with E-state index in [1.807, 2.05) is 4.90 Å². The number of hydrogen-bond donors (Lipinski definition) is 2. The van der Waals surface area contributed by atoms with Gasteiger partial charge in [-0.15, -0.1) is 0 Å². The smallest absolute Gasteiger partial charge is 0.270 e. The van der Waals surface area contributed by atoms with Crippen molar-refractivity contribution in [3.63, 3.8) is 0 Å². The molecule has 0 aromatic carbocycles. The zero-order valence-electron chi connectivity index (χ0n) is 11.5. The molecule has 0 saturated carbocycles. The lowest BCUT2D eigenvalue weighted by molar-refractivity contribution is -0.127. The van der Waals surface area contributed by atoms with Crippen LogP contribution in [0.3, 0.4) is 0 Å². The first kappa shape index (κ1) is 14.4. The van der Waals surface area contributed by atoms with Gasteiger partial charge in [-0.3, -0.25) is 19.3 Å². The van der Waals surface area contributed by atoms with Crippen LogP contribution in [0, 0.1) is 0 Å². The van der Waals surface area contributed by atoms with E-state index in [2.05, 4.69) is 10.5 Å². The molecule has 1 atom stereocenters. The SMILES string of the molecule is CC(C(N)=O)N1CCN(C(=O)C2=NNC(=O)CC2)CC1. The fourth-order valence-corrected chi connectivity index (χ4v) is 2.30. The van der Waals surface area contributed by atoms with Crippen molar-refractivity contribution < 1.29 is 14.4 Å². The van der Waals surface area contributed by atoms with Crippen molar-refractivity contribution in [3.05, 3.63) is 0 Å². The summed E-state index contributed by atoms with van der Waals surface area (Å²) in [5, 5.41) is 3.81. The van der Waals surface area contributed by atoms with Crippen molar-refractivity contribution in [1.82, 2.24) is 15.2 Å². The van der Waals surface area contributed by atoms with Gasteiger partial charge in [0.1, 0.15) is 5.71 Å². The van der Waals surface area contributed by atoms with Gasteiger partial charge in [-0.05, 0) is 6.92 Å². The van der Waals surface area contributed by atoms with E-state index in [0.29, 0.717) is 44.7 Å². The Morgan fingerprint density at radius 1 is 1.25 bits per heavy atom. The number of piperazine rings is 1. The predicted octanol–water partition coefficient (Wildman–Crippen LogP) is -1.73. The molecule has 2 heterocycles. The van der Waals surface area contributed by atoms with Crippen LogP contribution in [0.1, 0.15) is 19.8 Å². The summed E-state index contributed by atoms with van der Waals surface area (Å²) in [4.78, 5) is 38.0. The standard InChI is InChI=1S/C12H19N5O3/c1-8(11(13)19)16-4-6-17(7-5-16)12(20)9-2-3-10(18)15-14-9/h8H,2-7H2,1H3,(H2,13,19)(H,15,18). The normalized spacial score (nSPS) is 21.9. The zero-order chi connectivity index (χ0) is 14.7. The molecule has 0 spiro atoms. The number of carbonyl (C=O) groups is 3. The van der Waals surface area contributed by atoms with Gasteiger partial charge in [0.05, 0.1) is 6.04 Å². The van der Waals surface area contributed by atoms with Crippen LogP contribution in [0.4, 0.5) is 0 Å². The van der Waals surface area contributed by atoms with Crippen molar-refractivity contribution in [3.8, 4) is 0 Å². The first-order valence-electron chi connectivity index (χ1n) is 6.67. The van der Waals surface area contributed by atoms with Crippen LogP contribution >= 0.6 is 0 Å². The third-order valence-corrected chi connectivity index (χ3v) is 3.71. The summed E-state index contributed by atoms with van der Waals surface area (Å²) in [6, 6.07) is -0.321. The maximum atomic E-state index is 12.2. The molecule has 1 saturated heterocycles. The van der Waals surface area contributed by atoms with Crippen LogP contribution in [-0.4, -0.2) is 65.5 Å². The second kappa shape index (κ2) is 6.00. The van der Waals surface area contributed by atoms with Gasteiger partial charge in [0.25, 0.3) is 5.91 Å². The maximum absolute atomic E-state index is 12.2. The van der Waals surface area contributed by atoms with E-state index >= 15 is 0 Å². The molecular weight excluding hydrogens is 262 g/mol. The summed E-state index contributed by atoms with van der Waals surface area (Å²) in [5.74, 6) is -0.665. The summed E-state index contributed by atoms with van der Waals surface area (Å²) in [6.07, 6.45) is 0.672. The van der Waals surface area contributed by atoms with E-state index in [1.54, 1.807) is 11.8 Å². The van der Waals surface area contributed by atoms with Crippen LogP contribution in [0.25, 0.3) is 0 Å². The van der Waals surface area contributed by atoms with Crippen molar-refractivity contribution in [2.75, 3.05) is 26.2 Å². The quantitative estimate of drug-likeness (QED) is 0.641. The van der Waals surface area contributed by atoms with Gasteiger partial charge in [-0.1, -0.05) is 0 Å². The molecule has 1 unspecified atom stereocenters. The summed E-state index contributed by atoms with van der Waals surface area (Å²) in [6.45, 7) is 4.04. The van der Waals surface area contributed by atoms with Crippen molar-refractivity contribution >= 4 is 23.4 Å². The number of nitrogens with zero attached hydrogens (tertiary/aromatic N) is 3. The molecule has 2 aliphatic heterocycles. The number of primary amides is 1. The molecule has 0 aromatic heterocycles. The van der Waals surface area contributed by atoms with Crippen LogP contribution < -0.4 is 11.2 Å². The third-order valence-electron chi connectivity index (χ3n) is 3.71. The lowest BCUT2D eigenvalue weighted by atomic mass is 10.1. The zero-order valence-corrected chi connectivity index (χ0v) is 11.5. The molecule has 2 rings (SSSR count). The van der Waals surface area contributed by atoms with Gasteiger partial charge in [0, 0.05) is 39.0 Å². The molecule has 0 bridgehead atoms. The largest absolute Gasteiger partial charge is 0.368 e. The Hall–Kier alpha value is -1.96. The van der Waals surface area contributed by atoms with Gasteiger partial charge in [-0.2, -0.15) is 5.10 Å². The number of rotatable bonds is 3. The second-order valence-electron chi connectivity index (χ2n) is 5.00. The topological polar surface area (TPSA) is 108 Å². The van der Waals surface area contributed by atoms with E-state index in [-0.39, 0.29) is 23.8 Å². The van der Waals surface area contributed by atoms with Crippen molar-refractivity contribution in [1.29, 1.82) is 0 Å². The summed E-state index contributed by atoms with van der Waals surface area (Å²) in [7, 11) is 0. The Labute approximate surface area is 117 Å². The number of hydrazone groups is 1. The Morgan fingerprint density at radius 2 is 1.90 bits per heavy atom. The molecule has 0 radical (unpaired) electrons. The molecule has 8 nitrogen and oxygen atoms in total. The Balaban J connectivity index is 1.89. The van der Waals surface area contributed by atoms with Gasteiger partial charge in [0.15, 0.2) is 0 Å². The van der Waals surface area contributed by atoms with Crippen LogP contribution in [0.15, 0.2) is 5.10 Å². The average Bonchev–Trinajstić information content (AvgIpc) is 2.46. The molecule has 1 fully saturated rings. The highest BCUT2D eigenvalue weighted by Gasteiger charge is 2.29. The first-order chi connectivity index (χ1) is 9.49. The summed E-state index contributed by atoms with van der Waals surface area (Å²) < 4.78 is 0. The van der Waals surface area contributed by atoms with Gasteiger partial charge in [0.2, 0.25) is 11.8 Å². The lowest BCUT2D eigenvalue weighted by Crippen LogP contribution is -2.55. The van der Waals surface area contributed by atoms with E-state index in [1.165, 1.54) is 0 Å². The Morgan fingerprint density at radius 3 is 2.40 bits per heavy atom. The molecule has 20 heavy (non-hydrogen) atoms. The highest BCUT2D eigenvalue weighted by atomic mass is 16.2. The second-order valence-corrected chi connectivity index (χ2v) is 5.00. The fraction of sp³-hybridized carbons (Fsp3) is 0.667. The monoisotopic (exact) mass is 281 g/mol. The molecule has 3 amide bonds. The van der Waals surface area contributed by atoms with Crippen molar-refractivity contribution in [2.45, 2.75) is 25.8 Å². The van der Waals surface area contributed by atoms with Crippen LogP contribution in [0.5, 0.6) is 0 Å². The predicted molar refractivity (Wildman–Crippen MR) is 71.6 cm³/mol. The van der Waals surface area contributed by atoms with E-state index in [9.17, 15) is 14.4 Å². The molecule has 0 aromatic rings. The molecule has 3 N–H and O–H groups in total. The summed E-state index contributed by atoms with van der Waals surface area (Å²) in [5.41, 5.74) is 7.98. The van der Waals surface area contributed by atoms with Crippen molar-refractivity contribution in [2.24, 2.45) is 10.8 Å². The molecular formula is C12H19N5O3. The minimum Gasteiger partial charge on any atom is -0.368 e. The van der Waals surface area contributed by atoms with Crippen LogP contribution in [0.2, 0.25) is 0 Å². The number of hydrogen-bond acceptors (Lipinski definition) is 5. The van der Waals surface area contributed by atoms with E-state index < -0.39 is 0 Å². The van der Waals surface area contributed by atoms with Gasteiger partial charge >= 0.3 is 0 Å². The highest BCUT2D eigenvalue weighted by molar-refractivity contribution is 6.39. The highest BCUT2D eigenvalue weighted by Crippen LogP contribution is 2.09. The molecule has 0 aliphatic carbocycles. The number of nitrogens with one attached hydrogen (secondary N) is 1. The molecule has 2 aliphatic rings. The lowest BCUT2D eigenvalue weighted by Gasteiger charge is -2.37. The number of amides is 3. The van der Waals surface area contributed by atoms with Gasteiger partial charge < -0.3 is 10.6 Å². The minimum absolute atomic E-state index is 0.142. The average molecular weight is 281 g/mol. The molecule has 110 valence electrons. The first-order valence-corrected chi connectivity index (χ1v) is 6.67. The Bertz CT molecular complexity index is 454. The number of carbonyl (C=O) groups excluding carboxylic acids is 3. The van der Waals surface area contributed by atoms with Gasteiger partial charge in [-0.25, -0.2) is 5.43 Å². The van der Waals surface area contributed by atoms with E-state index in [4.69, 9.17) is 5.73 Å². The third kappa shape index (κ3) is 3.13. The maximum Gasteiger partial charge on any atom is 0.270 e.